The highest BCUT2D eigenvalue weighted by Crippen LogP contribution is 2.60. The van der Waals surface area contributed by atoms with E-state index >= 15 is 0 Å². The van der Waals surface area contributed by atoms with Crippen molar-refractivity contribution in [1.29, 1.82) is 0 Å². The molecular formula is C24H34N2O3. The lowest BCUT2D eigenvalue weighted by Crippen LogP contribution is -2.57. The lowest BCUT2D eigenvalue weighted by atomic mass is 9.61. The van der Waals surface area contributed by atoms with Gasteiger partial charge in [0.2, 0.25) is 0 Å². The quantitative estimate of drug-likeness (QED) is 0.775. The van der Waals surface area contributed by atoms with Gasteiger partial charge in [-0.05, 0) is 75.0 Å². The van der Waals surface area contributed by atoms with Crippen molar-refractivity contribution >= 4 is 11.9 Å². The first-order chi connectivity index (χ1) is 13.7. The van der Waals surface area contributed by atoms with Crippen molar-refractivity contribution in [3.63, 3.8) is 0 Å². The number of amides is 3. The van der Waals surface area contributed by atoms with Crippen molar-refractivity contribution < 1.29 is 14.3 Å². The van der Waals surface area contributed by atoms with Gasteiger partial charge in [0.1, 0.15) is 0 Å². The first-order valence-corrected chi connectivity index (χ1v) is 11.0. The summed E-state index contributed by atoms with van der Waals surface area (Å²) in [5.74, 6) is 0.478. The molecule has 1 aliphatic heterocycles. The monoisotopic (exact) mass is 398 g/mol. The van der Waals surface area contributed by atoms with Gasteiger partial charge in [-0.15, -0.1) is 0 Å². The molecule has 1 unspecified atom stereocenters. The number of hydrogen-bond donors (Lipinski definition) is 1. The number of methoxy groups -OCH3 is 1. The number of fused-ring (bicyclic) bond motifs is 3. The molecule has 0 bridgehead atoms. The normalized spacial score (nSPS) is 31.4. The molecule has 1 N–H and O–H groups in total. The average molecular weight is 399 g/mol. The predicted molar refractivity (Wildman–Crippen MR) is 113 cm³/mol. The second-order valence-corrected chi connectivity index (χ2v) is 9.93. The third-order valence-electron chi connectivity index (χ3n) is 7.34. The van der Waals surface area contributed by atoms with Crippen LogP contribution < -0.4 is 5.32 Å². The third kappa shape index (κ3) is 2.92. The SMILES string of the molecule is CO[C@H]1CC[C@]2(CC1)Cc1ccc(CC(C)C)cc1C21NC(=O)N(C(C)C)C1=O. The number of carbonyl (C=O) groups excluding carboxylic acids is 2. The Labute approximate surface area is 174 Å². The molecule has 2 fully saturated rings. The van der Waals surface area contributed by atoms with Crippen molar-refractivity contribution in [1.82, 2.24) is 10.2 Å². The van der Waals surface area contributed by atoms with Gasteiger partial charge in [-0.3, -0.25) is 9.69 Å². The van der Waals surface area contributed by atoms with Crippen LogP contribution in [0.1, 0.15) is 70.1 Å². The Morgan fingerprint density at radius 1 is 1.17 bits per heavy atom. The second-order valence-electron chi connectivity index (χ2n) is 9.93. The van der Waals surface area contributed by atoms with Crippen LogP contribution in [-0.4, -0.2) is 36.1 Å². The van der Waals surface area contributed by atoms with E-state index < -0.39 is 5.54 Å². The van der Waals surface area contributed by atoms with Crippen molar-refractivity contribution in [2.45, 2.75) is 83.9 Å². The summed E-state index contributed by atoms with van der Waals surface area (Å²) in [6.45, 7) is 8.24. The molecule has 1 aromatic rings. The van der Waals surface area contributed by atoms with Gasteiger partial charge in [0, 0.05) is 18.6 Å². The van der Waals surface area contributed by atoms with Crippen molar-refractivity contribution in [2.75, 3.05) is 7.11 Å². The highest BCUT2D eigenvalue weighted by atomic mass is 16.5. The third-order valence-corrected chi connectivity index (χ3v) is 7.34. The van der Waals surface area contributed by atoms with Crippen molar-refractivity contribution in [2.24, 2.45) is 11.3 Å². The van der Waals surface area contributed by atoms with Gasteiger partial charge >= 0.3 is 6.03 Å². The van der Waals surface area contributed by atoms with E-state index in [4.69, 9.17) is 4.74 Å². The van der Waals surface area contributed by atoms with Crippen LogP contribution in [0.25, 0.3) is 0 Å². The molecule has 2 aliphatic carbocycles. The molecule has 1 atom stereocenters. The first-order valence-electron chi connectivity index (χ1n) is 11.0. The number of rotatable bonds is 4. The minimum absolute atomic E-state index is 0.0613. The summed E-state index contributed by atoms with van der Waals surface area (Å²) in [6, 6.07) is 6.20. The molecular weight excluding hydrogens is 364 g/mol. The molecule has 5 nitrogen and oxygen atoms in total. The Hall–Kier alpha value is -1.88. The van der Waals surface area contributed by atoms with Crippen LogP contribution in [0.5, 0.6) is 0 Å². The lowest BCUT2D eigenvalue weighted by molar-refractivity contribution is -0.139. The fraction of sp³-hybridized carbons (Fsp3) is 0.667. The largest absolute Gasteiger partial charge is 0.381 e. The summed E-state index contributed by atoms with van der Waals surface area (Å²) in [5.41, 5.74) is 2.29. The highest BCUT2D eigenvalue weighted by molar-refractivity contribution is 6.09. The number of nitrogens with zero attached hydrogens (tertiary/aromatic N) is 1. The topological polar surface area (TPSA) is 58.6 Å². The summed E-state index contributed by atoms with van der Waals surface area (Å²) in [5, 5.41) is 3.24. The molecule has 1 saturated heterocycles. The molecule has 4 rings (SSSR count). The number of benzene rings is 1. The number of imide groups is 1. The number of hydrogen-bond acceptors (Lipinski definition) is 3. The number of ether oxygens (including phenoxy) is 1. The fourth-order valence-corrected chi connectivity index (χ4v) is 6.00. The summed E-state index contributed by atoms with van der Waals surface area (Å²) in [7, 11) is 1.77. The van der Waals surface area contributed by atoms with E-state index in [0.29, 0.717) is 5.92 Å². The molecule has 1 heterocycles. The van der Waals surface area contributed by atoms with E-state index in [1.54, 1.807) is 7.11 Å². The summed E-state index contributed by atoms with van der Waals surface area (Å²) >= 11 is 0. The van der Waals surface area contributed by atoms with E-state index in [1.807, 2.05) is 13.8 Å². The Kier molecular flexibility index (Phi) is 5.01. The summed E-state index contributed by atoms with van der Waals surface area (Å²) < 4.78 is 5.61. The number of nitrogens with one attached hydrogen (secondary N) is 1. The Bertz CT molecular complexity index is 823. The van der Waals surface area contributed by atoms with E-state index in [0.717, 1.165) is 44.1 Å². The van der Waals surface area contributed by atoms with Crippen LogP contribution >= 0.6 is 0 Å². The van der Waals surface area contributed by atoms with Crippen LogP contribution in [-0.2, 0) is 27.9 Å². The molecule has 0 aromatic heterocycles. The fourth-order valence-electron chi connectivity index (χ4n) is 6.00. The second kappa shape index (κ2) is 7.12. The number of urea groups is 1. The minimum Gasteiger partial charge on any atom is -0.381 e. The van der Waals surface area contributed by atoms with Crippen LogP contribution in [0.3, 0.4) is 0 Å². The van der Waals surface area contributed by atoms with Gasteiger partial charge in [0.25, 0.3) is 5.91 Å². The molecule has 3 amide bonds. The summed E-state index contributed by atoms with van der Waals surface area (Å²) in [6.07, 6.45) is 5.68. The zero-order valence-electron chi connectivity index (χ0n) is 18.4. The lowest BCUT2D eigenvalue weighted by Gasteiger charge is -2.46. The predicted octanol–water partition coefficient (Wildman–Crippen LogP) is 4.17. The van der Waals surface area contributed by atoms with Gasteiger partial charge in [-0.25, -0.2) is 4.79 Å². The first kappa shape index (κ1) is 20.4. The molecule has 1 aromatic carbocycles. The maximum atomic E-state index is 13.9. The number of carbonyl (C=O) groups is 2. The smallest absolute Gasteiger partial charge is 0.325 e. The molecule has 158 valence electrons. The molecule has 3 aliphatic rings. The van der Waals surface area contributed by atoms with Crippen LogP contribution in [0.2, 0.25) is 0 Å². The zero-order valence-corrected chi connectivity index (χ0v) is 18.4. The van der Waals surface area contributed by atoms with Crippen molar-refractivity contribution in [3.8, 4) is 0 Å². The average Bonchev–Trinajstić information content (AvgIpc) is 3.08. The molecule has 2 spiro atoms. The Morgan fingerprint density at radius 2 is 1.86 bits per heavy atom. The minimum atomic E-state index is -0.935. The van der Waals surface area contributed by atoms with Crippen molar-refractivity contribution in [3.05, 3.63) is 34.9 Å². The molecule has 0 radical (unpaired) electrons. The Balaban J connectivity index is 1.84. The Morgan fingerprint density at radius 3 is 2.41 bits per heavy atom. The van der Waals surface area contributed by atoms with E-state index in [-0.39, 0.29) is 29.5 Å². The van der Waals surface area contributed by atoms with Crippen LogP contribution in [0.4, 0.5) is 4.79 Å². The molecule has 29 heavy (non-hydrogen) atoms. The van der Waals surface area contributed by atoms with E-state index in [2.05, 4.69) is 37.4 Å². The van der Waals surface area contributed by atoms with Gasteiger partial charge in [0.05, 0.1) is 6.10 Å². The standard InChI is InChI=1S/C24H34N2O3/c1-15(2)12-17-6-7-18-14-23(10-8-19(29-5)9-11-23)24(20(18)13-17)21(27)26(16(3)4)22(28)25-24/h6-7,13,15-16,19H,8-12,14H2,1-5H3,(H,25,28)/t19-,23-,24?. The van der Waals surface area contributed by atoms with E-state index in [1.165, 1.54) is 16.0 Å². The van der Waals surface area contributed by atoms with Crippen LogP contribution in [0, 0.1) is 11.3 Å². The van der Waals surface area contributed by atoms with Gasteiger partial charge in [0.15, 0.2) is 5.54 Å². The van der Waals surface area contributed by atoms with Gasteiger partial charge in [-0.1, -0.05) is 32.0 Å². The van der Waals surface area contributed by atoms with Gasteiger partial charge < -0.3 is 10.1 Å². The maximum Gasteiger partial charge on any atom is 0.325 e. The molecule has 5 heteroatoms. The molecule has 1 saturated carbocycles. The van der Waals surface area contributed by atoms with E-state index in [9.17, 15) is 9.59 Å². The van der Waals surface area contributed by atoms with Gasteiger partial charge in [-0.2, -0.15) is 0 Å². The summed E-state index contributed by atoms with van der Waals surface area (Å²) in [4.78, 5) is 28.3. The van der Waals surface area contributed by atoms with Crippen LogP contribution in [0.15, 0.2) is 18.2 Å². The zero-order chi connectivity index (χ0) is 21.0. The highest BCUT2D eigenvalue weighted by Gasteiger charge is 2.68. The maximum absolute atomic E-state index is 13.9.